The fraction of sp³-hybridized carbons (Fsp3) is 0.600. The van der Waals surface area contributed by atoms with Gasteiger partial charge in [-0.3, -0.25) is 4.99 Å². The third-order valence-electron chi connectivity index (χ3n) is 4.77. The first-order valence-corrected chi connectivity index (χ1v) is 9.43. The monoisotopic (exact) mass is 374 g/mol. The molecule has 0 aliphatic carbocycles. The van der Waals surface area contributed by atoms with Crippen LogP contribution >= 0.6 is 0 Å². The van der Waals surface area contributed by atoms with Gasteiger partial charge in [0.1, 0.15) is 11.4 Å². The molecular weight excluding hydrogens is 344 g/mol. The van der Waals surface area contributed by atoms with E-state index < -0.39 is 5.60 Å². The van der Waals surface area contributed by atoms with Gasteiger partial charge in [-0.25, -0.2) is 4.79 Å². The fourth-order valence-electron chi connectivity index (χ4n) is 3.45. The third-order valence-corrected chi connectivity index (χ3v) is 4.77. The van der Waals surface area contributed by atoms with Crippen molar-refractivity contribution in [2.24, 2.45) is 4.99 Å². The first-order valence-electron chi connectivity index (χ1n) is 9.43. The van der Waals surface area contributed by atoms with E-state index in [0.717, 1.165) is 23.8 Å². The summed E-state index contributed by atoms with van der Waals surface area (Å²) in [7, 11) is 1.69. The Morgan fingerprint density at radius 2 is 2.11 bits per heavy atom. The number of amides is 1. The molecule has 2 heterocycles. The molecule has 148 valence electrons. The summed E-state index contributed by atoms with van der Waals surface area (Å²) in [6.07, 6.45) is -0.239. The normalized spacial score (nSPS) is 19.4. The second-order valence-electron chi connectivity index (χ2n) is 8.10. The fourth-order valence-corrected chi connectivity index (χ4v) is 3.45. The number of fused-ring (bicyclic) bond motifs is 1. The molecule has 7 heteroatoms. The van der Waals surface area contributed by atoms with Gasteiger partial charge in [0.25, 0.3) is 0 Å². The lowest BCUT2D eigenvalue weighted by molar-refractivity contribution is 0.0137. The second-order valence-corrected chi connectivity index (χ2v) is 8.10. The van der Waals surface area contributed by atoms with Crippen LogP contribution in [-0.2, 0) is 11.3 Å². The summed E-state index contributed by atoms with van der Waals surface area (Å²) in [6.45, 7) is 11.2. The lowest BCUT2D eigenvalue weighted by atomic mass is 10.1. The van der Waals surface area contributed by atoms with E-state index in [4.69, 9.17) is 9.47 Å². The highest BCUT2D eigenvalue weighted by Gasteiger charge is 2.36. The number of hydrogen-bond acceptors (Lipinski definition) is 6. The van der Waals surface area contributed by atoms with E-state index in [1.165, 1.54) is 5.56 Å². The number of nitrogens with zero attached hydrogens (tertiary/aromatic N) is 3. The van der Waals surface area contributed by atoms with Crippen molar-refractivity contribution in [2.45, 2.75) is 45.9 Å². The van der Waals surface area contributed by atoms with Gasteiger partial charge in [0.15, 0.2) is 5.96 Å². The number of benzene rings is 1. The molecule has 3 rings (SSSR count). The molecule has 1 atom stereocenters. The predicted octanol–water partition coefficient (Wildman–Crippen LogP) is 2.38. The van der Waals surface area contributed by atoms with Crippen LogP contribution in [0.3, 0.4) is 0 Å². The molecule has 2 aliphatic heterocycles. The Morgan fingerprint density at radius 3 is 2.78 bits per heavy atom. The summed E-state index contributed by atoms with van der Waals surface area (Å²) in [6, 6.07) is 6.39. The first kappa shape index (κ1) is 19.3. The maximum absolute atomic E-state index is 12.3. The summed E-state index contributed by atoms with van der Waals surface area (Å²) in [5.41, 5.74) is 1.84. The number of hydrogen-bond donors (Lipinski definition) is 1. The Bertz CT molecular complexity index is 726. The number of ether oxygens (including phenoxy) is 2. The average Bonchev–Trinajstić information content (AvgIpc) is 3.01. The molecular formula is C20H30N4O3. The molecule has 0 saturated carbocycles. The zero-order valence-corrected chi connectivity index (χ0v) is 16.9. The summed E-state index contributed by atoms with van der Waals surface area (Å²) in [5.74, 6) is 1.81. The lowest BCUT2D eigenvalue weighted by Gasteiger charge is -2.39. The van der Waals surface area contributed by atoms with Crippen molar-refractivity contribution in [2.75, 3.05) is 33.3 Å². The number of carbonyl (C=O) groups excluding carboxylic acids is 1. The maximum atomic E-state index is 12.3. The van der Waals surface area contributed by atoms with Crippen molar-refractivity contribution in [1.82, 2.24) is 15.1 Å². The summed E-state index contributed by atoms with van der Waals surface area (Å²) < 4.78 is 10.8. The summed E-state index contributed by atoms with van der Waals surface area (Å²) >= 11 is 0. The highest BCUT2D eigenvalue weighted by Crippen LogP contribution is 2.20. The Morgan fingerprint density at radius 1 is 1.33 bits per heavy atom. The van der Waals surface area contributed by atoms with E-state index in [9.17, 15) is 4.79 Å². The van der Waals surface area contributed by atoms with E-state index in [0.29, 0.717) is 26.2 Å². The molecule has 0 radical (unpaired) electrons. The van der Waals surface area contributed by atoms with Gasteiger partial charge < -0.3 is 24.6 Å². The number of aryl methyl sites for hydroxylation is 1. The van der Waals surface area contributed by atoms with Crippen LogP contribution in [-0.4, -0.2) is 66.8 Å². The zero-order chi connectivity index (χ0) is 19.6. The van der Waals surface area contributed by atoms with Gasteiger partial charge in [-0.15, -0.1) is 0 Å². The van der Waals surface area contributed by atoms with Gasteiger partial charge in [0, 0.05) is 26.2 Å². The van der Waals surface area contributed by atoms with Crippen molar-refractivity contribution < 1.29 is 14.3 Å². The molecule has 1 N–H and O–H groups in total. The number of carbonyl (C=O) groups is 1. The van der Waals surface area contributed by atoms with Crippen LogP contribution in [0.15, 0.2) is 23.2 Å². The SMILES string of the molecule is COc1ccc(CNC2=NCC3CN(C(=O)OC(C)(C)C)CCN23)cc1C. The molecule has 1 unspecified atom stereocenters. The van der Waals surface area contributed by atoms with Crippen molar-refractivity contribution >= 4 is 12.1 Å². The van der Waals surface area contributed by atoms with E-state index in [-0.39, 0.29) is 12.1 Å². The molecule has 0 bridgehead atoms. The maximum Gasteiger partial charge on any atom is 0.410 e. The standard InChI is InChI=1S/C20H30N4O3/c1-14-10-15(6-7-17(14)26-5)11-21-18-22-12-16-13-23(8-9-24(16)18)19(25)27-20(2,3)4/h6-7,10,16H,8-9,11-13H2,1-5H3,(H,21,22). The van der Waals surface area contributed by atoms with Crippen molar-refractivity contribution in [1.29, 1.82) is 0 Å². The zero-order valence-electron chi connectivity index (χ0n) is 16.9. The van der Waals surface area contributed by atoms with E-state index in [1.807, 2.05) is 33.8 Å². The molecule has 27 heavy (non-hydrogen) atoms. The molecule has 1 amide bonds. The number of methoxy groups -OCH3 is 1. The van der Waals surface area contributed by atoms with Crippen molar-refractivity contribution in [3.63, 3.8) is 0 Å². The van der Waals surface area contributed by atoms with Crippen molar-refractivity contribution in [3.8, 4) is 5.75 Å². The van der Waals surface area contributed by atoms with Crippen LogP contribution in [0.5, 0.6) is 5.75 Å². The Balaban J connectivity index is 1.53. The topological polar surface area (TPSA) is 66.4 Å². The van der Waals surface area contributed by atoms with Gasteiger partial charge >= 0.3 is 6.09 Å². The highest BCUT2D eigenvalue weighted by molar-refractivity contribution is 5.82. The Hall–Kier alpha value is -2.44. The number of nitrogens with one attached hydrogen (secondary N) is 1. The largest absolute Gasteiger partial charge is 0.496 e. The molecule has 2 aliphatic rings. The van der Waals surface area contributed by atoms with Crippen LogP contribution in [0.4, 0.5) is 4.79 Å². The number of guanidine groups is 1. The molecule has 1 aromatic rings. The minimum absolute atomic E-state index is 0.214. The summed E-state index contributed by atoms with van der Waals surface area (Å²) in [5, 5.41) is 3.44. The van der Waals surface area contributed by atoms with E-state index >= 15 is 0 Å². The first-order chi connectivity index (χ1) is 12.8. The molecule has 7 nitrogen and oxygen atoms in total. The van der Waals surface area contributed by atoms with Gasteiger partial charge in [0.2, 0.25) is 0 Å². The molecule has 1 aromatic carbocycles. The van der Waals surface area contributed by atoms with Gasteiger partial charge in [-0.1, -0.05) is 12.1 Å². The van der Waals surface area contributed by atoms with Gasteiger partial charge in [-0.2, -0.15) is 0 Å². The molecule has 1 saturated heterocycles. The number of piperazine rings is 1. The van der Waals surface area contributed by atoms with Gasteiger partial charge in [0.05, 0.1) is 19.7 Å². The molecule has 1 fully saturated rings. The minimum Gasteiger partial charge on any atom is -0.496 e. The van der Waals surface area contributed by atoms with Crippen LogP contribution in [0, 0.1) is 6.92 Å². The van der Waals surface area contributed by atoms with Gasteiger partial charge in [-0.05, 0) is 44.9 Å². The third kappa shape index (κ3) is 4.64. The summed E-state index contributed by atoms with van der Waals surface area (Å²) in [4.78, 5) is 21.0. The lowest BCUT2D eigenvalue weighted by Crippen LogP contribution is -2.57. The van der Waals surface area contributed by atoms with Crippen LogP contribution in [0.25, 0.3) is 0 Å². The number of rotatable bonds is 3. The quantitative estimate of drug-likeness (QED) is 0.880. The second kappa shape index (κ2) is 7.66. The minimum atomic E-state index is -0.469. The number of aliphatic imine (C=N–C) groups is 1. The van der Waals surface area contributed by atoms with E-state index in [2.05, 4.69) is 27.3 Å². The van der Waals surface area contributed by atoms with Crippen molar-refractivity contribution in [3.05, 3.63) is 29.3 Å². The smallest absolute Gasteiger partial charge is 0.410 e. The predicted molar refractivity (Wildman–Crippen MR) is 105 cm³/mol. The molecule has 0 aromatic heterocycles. The van der Waals surface area contributed by atoms with Crippen LogP contribution in [0.1, 0.15) is 31.9 Å². The highest BCUT2D eigenvalue weighted by atomic mass is 16.6. The Kier molecular flexibility index (Phi) is 5.48. The van der Waals surface area contributed by atoms with Crippen LogP contribution in [0.2, 0.25) is 0 Å². The molecule has 0 spiro atoms. The average molecular weight is 374 g/mol. The Labute approximate surface area is 161 Å². The van der Waals surface area contributed by atoms with E-state index in [1.54, 1.807) is 12.0 Å². The van der Waals surface area contributed by atoms with Crippen LogP contribution < -0.4 is 10.1 Å².